The molecule has 0 saturated carbocycles. The average Bonchev–Trinajstić information content (AvgIpc) is 2.75. The third-order valence-electron chi connectivity index (χ3n) is 3.62. The summed E-state index contributed by atoms with van der Waals surface area (Å²) in [5.41, 5.74) is 5.05. The Bertz CT molecular complexity index is 968. The number of rotatable bonds is 5. The fraction of sp³-hybridized carbons (Fsp3) is 0. The van der Waals surface area contributed by atoms with Gasteiger partial charge >= 0.3 is 0 Å². The Balaban J connectivity index is 1.72. The van der Waals surface area contributed by atoms with Gasteiger partial charge in [-0.25, -0.2) is 5.43 Å². The molecule has 0 heterocycles. The summed E-state index contributed by atoms with van der Waals surface area (Å²) in [6, 6.07) is 28.0. The molecule has 0 atom stereocenters. The van der Waals surface area contributed by atoms with Crippen molar-refractivity contribution in [2.75, 3.05) is 0 Å². The number of amides is 1. The minimum atomic E-state index is -0.309. The second-order valence-corrected chi connectivity index (χ2v) is 5.70. The summed E-state index contributed by atoms with van der Waals surface area (Å²) >= 11 is 0. The first-order chi connectivity index (χ1) is 13.8. The van der Waals surface area contributed by atoms with Crippen LogP contribution in [0, 0.1) is 0 Å². The van der Waals surface area contributed by atoms with E-state index < -0.39 is 0 Å². The molecule has 3 aromatic rings. The van der Waals surface area contributed by atoms with Crippen LogP contribution >= 0.6 is 0 Å². The number of nitrogens with zero attached hydrogens (tertiary/aromatic N) is 3. The Morgan fingerprint density at radius 3 is 1.86 bits per heavy atom. The number of hydrogen-bond acceptors (Lipinski definition) is 4. The van der Waals surface area contributed by atoms with E-state index in [2.05, 4.69) is 26.0 Å². The topological polar surface area (TPSA) is 78.2 Å². The van der Waals surface area contributed by atoms with Crippen LogP contribution in [0.1, 0.15) is 21.5 Å². The summed E-state index contributed by atoms with van der Waals surface area (Å²) < 4.78 is 0. The molecule has 0 aromatic heterocycles. The summed E-state index contributed by atoms with van der Waals surface area (Å²) in [6.07, 6.45) is 3.22. The second kappa shape index (κ2) is 10.2. The molecule has 0 unspecified atom stereocenters. The zero-order valence-electron chi connectivity index (χ0n) is 15.1. The summed E-state index contributed by atoms with van der Waals surface area (Å²) in [5, 5.41) is 14.9. The molecule has 0 fully saturated rings. The number of hydrogen-bond donors (Lipinski definition) is 2. The van der Waals surface area contributed by atoms with Gasteiger partial charge in [0.25, 0.3) is 5.91 Å². The Labute approximate surface area is 163 Å². The molecule has 0 spiro atoms. The molecule has 0 radical (unpaired) electrons. The van der Waals surface area contributed by atoms with Gasteiger partial charge in [-0.3, -0.25) is 10.1 Å². The van der Waals surface area contributed by atoms with E-state index in [4.69, 9.17) is 0 Å². The highest BCUT2D eigenvalue weighted by Gasteiger charge is 2.07. The zero-order chi connectivity index (χ0) is 19.4. The largest absolute Gasteiger partial charge is 0.290 e. The third kappa shape index (κ3) is 6.03. The van der Waals surface area contributed by atoms with Gasteiger partial charge in [0.05, 0.1) is 12.4 Å². The predicted molar refractivity (Wildman–Crippen MR) is 113 cm³/mol. The Morgan fingerprint density at radius 1 is 0.714 bits per heavy atom. The molecule has 28 heavy (non-hydrogen) atoms. The monoisotopic (exact) mass is 369 g/mol. The van der Waals surface area contributed by atoms with Crippen molar-refractivity contribution in [3.05, 3.63) is 108 Å². The lowest BCUT2D eigenvalue weighted by atomic mass is 10.2. The summed E-state index contributed by atoms with van der Waals surface area (Å²) in [7, 11) is 0. The Hall–Kier alpha value is -4.06. The van der Waals surface area contributed by atoms with E-state index in [1.807, 2.05) is 66.7 Å². The van der Waals surface area contributed by atoms with E-state index in [0.717, 1.165) is 11.1 Å². The predicted octanol–water partition coefficient (Wildman–Crippen LogP) is 3.43. The average molecular weight is 369 g/mol. The highest BCUT2D eigenvalue weighted by molar-refractivity contribution is 6.05. The van der Waals surface area contributed by atoms with Crippen LogP contribution in [0.2, 0.25) is 0 Å². The molecule has 0 saturated heterocycles. The molecule has 6 heteroatoms. The van der Waals surface area contributed by atoms with Crippen LogP contribution in [-0.2, 0) is 0 Å². The van der Waals surface area contributed by atoms with Crippen molar-refractivity contribution >= 4 is 24.3 Å². The van der Waals surface area contributed by atoms with E-state index in [1.165, 1.54) is 0 Å². The van der Waals surface area contributed by atoms with Gasteiger partial charge in [-0.1, -0.05) is 78.9 Å². The number of carbonyl (C=O) groups excluding carboxylic acids is 1. The van der Waals surface area contributed by atoms with Crippen LogP contribution in [0.5, 0.6) is 0 Å². The lowest BCUT2D eigenvalue weighted by molar-refractivity contribution is 0.0975. The van der Waals surface area contributed by atoms with Crippen molar-refractivity contribution in [3.63, 3.8) is 0 Å². The first kappa shape index (κ1) is 18.7. The summed E-state index contributed by atoms with van der Waals surface area (Å²) in [4.78, 5) is 12.4. The van der Waals surface area contributed by atoms with Gasteiger partial charge in [0, 0.05) is 5.56 Å². The fourth-order valence-corrected chi connectivity index (χ4v) is 2.24. The highest BCUT2D eigenvalue weighted by atomic mass is 16.1. The van der Waals surface area contributed by atoms with Gasteiger partial charge in [0.1, 0.15) is 0 Å². The molecule has 3 aromatic carbocycles. The van der Waals surface area contributed by atoms with Gasteiger partial charge in [-0.15, -0.1) is 5.10 Å². The fourth-order valence-electron chi connectivity index (χ4n) is 2.24. The lowest BCUT2D eigenvalue weighted by Crippen LogP contribution is -2.38. The molecular formula is C22H19N5O. The van der Waals surface area contributed by atoms with Crippen molar-refractivity contribution < 1.29 is 4.79 Å². The molecule has 0 aliphatic carbocycles. The van der Waals surface area contributed by atoms with E-state index in [-0.39, 0.29) is 11.9 Å². The lowest BCUT2D eigenvalue weighted by Gasteiger charge is -2.06. The minimum Gasteiger partial charge on any atom is -0.290 e. The van der Waals surface area contributed by atoms with Crippen LogP contribution in [0.15, 0.2) is 106 Å². The first-order valence-electron chi connectivity index (χ1n) is 8.68. The van der Waals surface area contributed by atoms with Gasteiger partial charge < -0.3 is 0 Å². The van der Waals surface area contributed by atoms with Crippen molar-refractivity contribution in [3.8, 4) is 0 Å². The SMILES string of the molecule is O=C(NC(=NN=Cc1ccccc1)NN=Cc1ccccc1)c1ccccc1. The summed E-state index contributed by atoms with van der Waals surface area (Å²) in [5.74, 6) is -0.190. The van der Waals surface area contributed by atoms with E-state index in [1.54, 1.807) is 36.7 Å². The molecule has 138 valence electrons. The van der Waals surface area contributed by atoms with E-state index in [0.29, 0.717) is 5.56 Å². The summed E-state index contributed by atoms with van der Waals surface area (Å²) in [6.45, 7) is 0. The number of benzene rings is 3. The van der Waals surface area contributed by atoms with Gasteiger partial charge in [0.2, 0.25) is 5.96 Å². The maximum Gasteiger partial charge on any atom is 0.258 e. The van der Waals surface area contributed by atoms with Crippen LogP contribution in [-0.4, -0.2) is 24.3 Å². The van der Waals surface area contributed by atoms with Gasteiger partial charge in [-0.05, 0) is 23.3 Å². The smallest absolute Gasteiger partial charge is 0.258 e. The molecular weight excluding hydrogens is 350 g/mol. The van der Waals surface area contributed by atoms with Crippen LogP contribution in [0.4, 0.5) is 0 Å². The maximum absolute atomic E-state index is 12.4. The molecule has 2 N–H and O–H groups in total. The van der Waals surface area contributed by atoms with Crippen LogP contribution in [0.25, 0.3) is 0 Å². The van der Waals surface area contributed by atoms with Crippen LogP contribution in [0.3, 0.4) is 0 Å². The number of nitrogens with one attached hydrogen (secondary N) is 2. The molecule has 3 rings (SSSR count). The van der Waals surface area contributed by atoms with E-state index >= 15 is 0 Å². The third-order valence-corrected chi connectivity index (χ3v) is 3.62. The number of guanidine groups is 1. The maximum atomic E-state index is 12.4. The standard InChI is InChI=1S/C22H19N5O/c28-21(20-14-8-3-9-15-20)25-22(26-23-16-18-10-4-1-5-11-18)27-24-17-19-12-6-2-7-13-19/h1-17H,(H2,25,26,27,28). The quantitative estimate of drug-likeness (QED) is 0.411. The molecule has 0 bridgehead atoms. The number of carbonyl (C=O) groups is 1. The Morgan fingerprint density at radius 2 is 1.25 bits per heavy atom. The molecule has 1 amide bonds. The van der Waals surface area contributed by atoms with Crippen molar-refractivity contribution in [2.24, 2.45) is 15.3 Å². The molecule has 0 aliphatic rings. The van der Waals surface area contributed by atoms with Crippen LogP contribution < -0.4 is 10.7 Å². The van der Waals surface area contributed by atoms with Gasteiger partial charge in [-0.2, -0.15) is 10.2 Å². The normalized spacial score (nSPS) is 11.6. The Kier molecular flexibility index (Phi) is 6.81. The van der Waals surface area contributed by atoms with Gasteiger partial charge in [0.15, 0.2) is 0 Å². The second-order valence-electron chi connectivity index (χ2n) is 5.70. The van der Waals surface area contributed by atoms with Crippen molar-refractivity contribution in [2.45, 2.75) is 0 Å². The zero-order valence-corrected chi connectivity index (χ0v) is 15.1. The van der Waals surface area contributed by atoms with E-state index in [9.17, 15) is 4.79 Å². The number of hydrazone groups is 1. The molecule has 0 aliphatic heterocycles. The highest BCUT2D eigenvalue weighted by Crippen LogP contribution is 1.98. The van der Waals surface area contributed by atoms with Crippen molar-refractivity contribution in [1.29, 1.82) is 0 Å². The first-order valence-corrected chi connectivity index (χ1v) is 8.68. The minimum absolute atomic E-state index is 0.119. The molecule has 6 nitrogen and oxygen atoms in total. The van der Waals surface area contributed by atoms with Crippen molar-refractivity contribution in [1.82, 2.24) is 10.7 Å².